The molecule has 38 heavy (non-hydrogen) atoms. The number of piperazine rings is 1. The van der Waals surface area contributed by atoms with Crippen LogP contribution in [0.5, 0.6) is 5.75 Å². The summed E-state index contributed by atoms with van der Waals surface area (Å²) in [6.07, 6.45) is -5.08. The Kier molecular flexibility index (Phi) is 11.4. The Hall–Kier alpha value is -2.43. The van der Waals surface area contributed by atoms with Crippen molar-refractivity contribution < 1.29 is 44.6 Å². The van der Waals surface area contributed by atoms with Crippen molar-refractivity contribution in [2.75, 3.05) is 45.6 Å². The van der Waals surface area contributed by atoms with Gasteiger partial charge in [-0.05, 0) is 42.0 Å². The number of carbonyl (C=O) groups is 1. The van der Waals surface area contributed by atoms with Gasteiger partial charge in [-0.25, -0.2) is 21.6 Å². The first kappa shape index (κ1) is 31.8. The van der Waals surface area contributed by atoms with Gasteiger partial charge in [0.2, 0.25) is 20.0 Å². The van der Waals surface area contributed by atoms with E-state index in [9.17, 15) is 30.0 Å². The average molecular weight is 602 g/mol. The Morgan fingerprint density at radius 2 is 1.68 bits per heavy atom. The number of methoxy groups -OCH3 is 1. The summed E-state index contributed by atoms with van der Waals surface area (Å²) in [5.74, 6) is -2.47. The van der Waals surface area contributed by atoms with Gasteiger partial charge in [-0.2, -0.15) is 21.8 Å². The maximum atomic E-state index is 13.3. The number of rotatable bonds is 9. The normalized spacial score (nSPS) is 15.0. The molecule has 1 aliphatic rings. The lowest BCUT2D eigenvalue weighted by atomic mass is 10.2. The highest BCUT2D eigenvalue weighted by Gasteiger charge is 2.38. The van der Waals surface area contributed by atoms with Gasteiger partial charge in [0.05, 0.1) is 17.8 Å². The lowest BCUT2D eigenvalue weighted by Gasteiger charge is -2.28. The monoisotopic (exact) mass is 601 g/mol. The highest BCUT2D eigenvalue weighted by Crippen LogP contribution is 2.22. The fourth-order valence-electron chi connectivity index (χ4n) is 3.28. The van der Waals surface area contributed by atoms with Gasteiger partial charge in [0.15, 0.2) is 0 Å². The molecule has 2 N–H and O–H groups in total. The number of alkyl halides is 3. The maximum Gasteiger partial charge on any atom is 0.490 e. The molecule has 0 spiro atoms. The number of halogens is 4. The molecule has 212 valence electrons. The molecule has 1 heterocycles. The van der Waals surface area contributed by atoms with Crippen molar-refractivity contribution in [2.24, 2.45) is 0 Å². The number of ether oxygens (including phenoxy) is 1. The molecule has 10 nitrogen and oxygen atoms in total. The summed E-state index contributed by atoms with van der Waals surface area (Å²) in [5.41, 5.74) is 0.691. The number of sulfonamides is 2. The molecule has 0 saturated carbocycles. The third-order valence-electron chi connectivity index (χ3n) is 5.25. The zero-order chi connectivity index (χ0) is 28.6. The summed E-state index contributed by atoms with van der Waals surface area (Å²) in [7, 11) is -6.01. The van der Waals surface area contributed by atoms with E-state index in [0.29, 0.717) is 42.5 Å². The van der Waals surface area contributed by atoms with Gasteiger partial charge in [0, 0.05) is 44.3 Å². The molecule has 2 aromatic carbocycles. The second-order valence-electron chi connectivity index (χ2n) is 7.91. The van der Waals surface area contributed by atoms with Crippen LogP contribution < -0.4 is 10.1 Å². The van der Waals surface area contributed by atoms with E-state index in [-0.39, 0.29) is 23.7 Å². The number of hydrogen-bond donors (Lipinski definition) is 2. The molecule has 1 aliphatic heterocycles. The minimum atomic E-state index is -5.08. The van der Waals surface area contributed by atoms with Gasteiger partial charge in [-0.15, -0.1) is 0 Å². The number of hydrogen-bond acceptors (Lipinski definition) is 7. The SMILES string of the molecule is COc1cccc(CN(CCS(=O)(=O)N2CCNCC2)S(=O)(=O)c2ccc(Cl)cc2)c1.O=C(O)C(F)(F)F. The summed E-state index contributed by atoms with van der Waals surface area (Å²) in [4.78, 5) is 8.95. The van der Waals surface area contributed by atoms with E-state index in [1.165, 1.54) is 40.0 Å². The highest BCUT2D eigenvalue weighted by molar-refractivity contribution is 7.90. The molecule has 0 bridgehead atoms. The molecule has 0 aromatic heterocycles. The van der Waals surface area contributed by atoms with Gasteiger partial charge in [0.25, 0.3) is 0 Å². The number of benzene rings is 2. The van der Waals surface area contributed by atoms with Crippen LogP contribution in [0.25, 0.3) is 0 Å². The van der Waals surface area contributed by atoms with E-state index >= 15 is 0 Å². The maximum absolute atomic E-state index is 13.3. The Morgan fingerprint density at radius 1 is 1.11 bits per heavy atom. The van der Waals surface area contributed by atoms with Gasteiger partial charge in [-0.3, -0.25) is 0 Å². The quantitative estimate of drug-likeness (QED) is 0.448. The van der Waals surface area contributed by atoms with E-state index in [0.717, 1.165) is 0 Å². The van der Waals surface area contributed by atoms with Crippen LogP contribution in [0.3, 0.4) is 0 Å². The number of nitrogens with zero attached hydrogens (tertiary/aromatic N) is 2. The summed E-state index contributed by atoms with van der Waals surface area (Å²) >= 11 is 5.90. The summed E-state index contributed by atoms with van der Waals surface area (Å²) in [5, 5.41) is 10.7. The third-order valence-corrected chi connectivity index (χ3v) is 9.22. The van der Waals surface area contributed by atoms with Crippen LogP contribution in [0.2, 0.25) is 5.02 Å². The largest absolute Gasteiger partial charge is 0.497 e. The van der Waals surface area contributed by atoms with Crippen LogP contribution in [0, 0.1) is 0 Å². The second-order valence-corrected chi connectivity index (χ2v) is 12.4. The van der Waals surface area contributed by atoms with Crippen LogP contribution in [0.1, 0.15) is 5.56 Å². The van der Waals surface area contributed by atoms with E-state index in [4.69, 9.17) is 26.2 Å². The number of carboxylic acids is 1. The number of aliphatic carboxylic acids is 1. The lowest BCUT2D eigenvalue weighted by Crippen LogP contribution is -2.48. The second kappa shape index (κ2) is 13.6. The molecule has 3 rings (SSSR count). The van der Waals surface area contributed by atoms with E-state index in [1.54, 1.807) is 24.3 Å². The fraction of sp³-hybridized carbons (Fsp3) is 0.409. The van der Waals surface area contributed by atoms with Crippen molar-refractivity contribution in [2.45, 2.75) is 17.6 Å². The molecule has 0 amide bonds. The minimum absolute atomic E-state index is 0.0131. The van der Waals surface area contributed by atoms with Crippen molar-refractivity contribution in [3.05, 3.63) is 59.1 Å². The first-order valence-electron chi connectivity index (χ1n) is 11.0. The number of nitrogens with one attached hydrogen (secondary N) is 1. The standard InChI is InChI=1S/C20H26ClN3O5S2.C2HF3O2/c1-29-19-4-2-3-17(15-19)16-24(31(27,28)20-7-5-18(21)6-8-20)13-14-30(25,26)23-11-9-22-10-12-23;3-2(4,5)1(6)7/h2-8,15,22H,9-14,16H2,1H3;(H,6,7). The molecule has 0 atom stereocenters. The van der Waals surface area contributed by atoms with Crippen molar-refractivity contribution in [1.29, 1.82) is 0 Å². The zero-order valence-corrected chi connectivity index (χ0v) is 22.6. The van der Waals surface area contributed by atoms with E-state index < -0.39 is 32.2 Å². The first-order valence-corrected chi connectivity index (χ1v) is 14.5. The first-order chi connectivity index (χ1) is 17.7. The predicted octanol–water partition coefficient (Wildman–Crippen LogP) is 2.41. The van der Waals surface area contributed by atoms with Crippen LogP contribution in [-0.2, 0) is 31.4 Å². The molecule has 2 aromatic rings. The molecule has 0 radical (unpaired) electrons. The van der Waals surface area contributed by atoms with Crippen LogP contribution >= 0.6 is 11.6 Å². The molecular weight excluding hydrogens is 575 g/mol. The van der Waals surface area contributed by atoms with Crippen LogP contribution in [-0.4, -0.2) is 88.3 Å². The Labute approximate surface area is 224 Å². The predicted molar refractivity (Wildman–Crippen MR) is 134 cm³/mol. The summed E-state index contributed by atoms with van der Waals surface area (Å²) < 4.78 is 91.8. The fourth-order valence-corrected chi connectivity index (χ4v) is 6.40. The van der Waals surface area contributed by atoms with Crippen molar-refractivity contribution in [3.8, 4) is 5.75 Å². The smallest absolute Gasteiger partial charge is 0.490 e. The number of carboxylic acid groups (broad SMARTS) is 1. The van der Waals surface area contributed by atoms with Gasteiger partial charge in [0.1, 0.15) is 5.75 Å². The van der Waals surface area contributed by atoms with Crippen molar-refractivity contribution in [1.82, 2.24) is 13.9 Å². The van der Waals surface area contributed by atoms with Crippen molar-refractivity contribution >= 4 is 37.6 Å². The molecule has 1 saturated heterocycles. The minimum Gasteiger partial charge on any atom is -0.497 e. The highest BCUT2D eigenvalue weighted by atomic mass is 35.5. The molecule has 0 unspecified atom stereocenters. The van der Waals surface area contributed by atoms with Crippen LogP contribution in [0.15, 0.2) is 53.4 Å². The van der Waals surface area contributed by atoms with Gasteiger partial charge < -0.3 is 15.2 Å². The molecular formula is C22H27ClF3N3O7S2. The van der Waals surface area contributed by atoms with E-state index in [2.05, 4.69) is 5.32 Å². The Morgan fingerprint density at radius 3 is 2.21 bits per heavy atom. The Balaban J connectivity index is 0.000000638. The van der Waals surface area contributed by atoms with Crippen LogP contribution in [0.4, 0.5) is 13.2 Å². The lowest BCUT2D eigenvalue weighted by molar-refractivity contribution is -0.192. The van der Waals surface area contributed by atoms with E-state index in [1.807, 2.05) is 0 Å². The Bertz CT molecular complexity index is 1290. The van der Waals surface area contributed by atoms with Gasteiger partial charge in [-0.1, -0.05) is 23.7 Å². The third kappa shape index (κ3) is 9.39. The topological polar surface area (TPSA) is 133 Å². The van der Waals surface area contributed by atoms with Crippen molar-refractivity contribution in [3.63, 3.8) is 0 Å². The molecule has 0 aliphatic carbocycles. The zero-order valence-electron chi connectivity index (χ0n) is 20.2. The summed E-state index contributed by atoms with van der Waals surface area (Å²) in [6.45, 7) is 1.75. The molecule has 16 heteroatoms. The summed E-state index contributed by atoms with van der Waals surface area (Å²) in [6, 6.07) is 12.9. The average Bonchev–Trinajstić information content (AvgIpc) is 2.87. The molecule has 1 fully saturated rings. The van der Waals surface area contributed by atoms with Gasteiger partial charge >= 0.3 is 12.1 Å².